The topological polar surface area (TPSA) is 88.4 Å². The Hall–Kier alpha value is -3.94. The van der Waals surface area contributed by atoms with Gasteiger partial charge in [-0.15, -0.1) is 0 Å². The predicted molar refractivity (Wildman–Crippen MR) is 139 cm³/mol. The molecule has 7 heteroatoms. The standard InChI is InChI=1S/C29H30N4O3/c34-15-14-31-29(35)26-8-4-7-25-27(13-16-36-28(25)26)32-18-24-17-30-20-33(24)19-21-9-11-23(12-10-21)22-5-2-1-3-6-22/h1-12,17,20,27,32,34H,13-16,18-19H2,(H,31,35). The van der Waals surface area contributed by atoms with Gasteiger partial charge in [0, 0.05) is 43.9 Å². The number of para-hydroxylation sites is 1. The maximum absolute atomic E-state index is 12.5. The number of aromatic nitrogens is 2. The number of aliphatic hydroxyl groups is 1. The molecule has 0 saturated heterocycles. The molecule has 3 aromatic carbocycles. The van der Waals surface area contributed by atoms with Crippen molar-refractivity contribution >= 4 is 5.91 Å². The van der Waals surface area contributed by atoms with E-state index in [1.54, 1.807) is 6.07 Å². The minimum atomic E-state index is -0.238. The fraction of sp³-hybridized carbons (Fsp3) is 0.241. The largest absolute Gasteiger partial charge is 0.492 e. The van der Waals surface area contributed by atoms with Crippen LogP contribution in [0.4, 0.5) is 0 Å². The average molecular weight is 483 g/mol. The fourth-order valence-corrected chi connectivity index (χ4v) is 4.58. The van der Waals surface area contributed by atoms with Crippen LogP contribution in [0.25, 0.3) is 11.1 Å². The van der Waals surface area contributed by atoms with Gasteiger partial charge < -0.3 is 25.0 Å². The summed E-state index contributed by atoms with van der Waals surface area (Å²) >= 11 is 0. The van der Waals surface area contributed by atoms with Crippen molar-refractivity contribution in [3.63, 3.8) is 0 Å². The Morgan fingerprint density at radius 1 is 1.03 bits per heavy atom. The number of hydrogen-bond acceptors (Lipinski definition) is 5. The molecule has 1 aliphatic rings. The van der Waals surface area contributed by atoms with E-state index in [0.29, 0.717) is 24.5 Å². The van der Waals surface area contributed by atoms with Crippen molar-refractivity contribution in [2.75, 3.05) is 19.8 Å². The SMILES string of the molecule is O=C(NCCO)c1cccc2c1OCCC2NCc1cncn1Cc1ccc(-c2ccccc2)cc1. The molecule has 36 heavy (non-hydrogen) atoms. The van der Waals surface area contributed by atoms with E-state index >= 15 is 0 Å². The smallest absolute Gasteiger partial charge is 0.255 e. The minimum absolute atomic E-state index is 0.0628. The third kappa shape index (κ3) is 5.32. The maximum Gasteiger partial charge on any atom is 0.255 e. The number of ether oxygens (including phenoxy) is 1. The first kappa shape index (κ1) is 23.8. The van der Waals surface area contributed by atoms with E-state index in [0.717, 1.165) is 24.2 Å². The molecule has 0 fully saturated rings. The number of rotatable bonds is 9. The number of carbonyl (C=O) groups excluding carboxylic acids is 1. The van der Waals surface area contributed by atoms with Gasteiger partial charge in [0.25, 0.3) is 5.91 Å². The highest BCUT2D eigenvalue weighted by Crippen LogP contribution is 2.35. The Bertz CT molecular complexity index is 1300. The van der Waals surface area contributed by atoms with Crippen molar-refractivity contribution in [2.24, 2.45) is 0 Å². The summed E-state index contributed by atoms with van der Waals surface area (Å²) in [5.41, 5.74) is 6.18. The third-order valence-electron chi connectivity index (χ3n) is 6.46. The van der Waals surface area contributed by atoms with Crippen molar-refractivity contribution < 1.29 is 14.6 Å². The second-order valence-electron chi connectivity index (χ2n) is 8.85. The van der Waals surface area contributed by atoms with Gasteiger partial charge >= 0.3 is 0 Å². The van der Waals surface area contributed by atoms with Crippen LogP contribution in [-0.4, -0.2) is 40.3 Å². The summed E-state index contributed by atoms with van der Waals surface area (Å²) in [6.45, 7) is 2.03. The molecule has 0 bridgehead atoms. The van der Waals surface area contributed by atoms with Gasteiger partial charge in [0.2, 0.25) is 0 Å². The number of aliphatic hydroxyl groups excluding tert-OH is 1. The van der Waals surface area contributed by atoms with Crippen molar-refractivity contribution in [2.45, 2.75) is 25.6 Å². The molecular formula is C29H30N4O3. The molecule has 1 aromatic heterocycles. The molecule has 4 aromatic rings. The highest BCUT2D eigenvalue weighted by molar-refractivity contribution is 5.97. The lowest BCUT2D eigenvalue weighted by Crippen LogP contribution is -2.31. The number of imidazole rings is 1. The molecule has 0 spiro atoms. The molecule has 1 amide bonds. The number of fused-ring (bicyclic) bond motifs is 1. The molecule has 1 atom stereocenters. The summed E-state index contributed by atoms with van der Waals surface area (Å²) in [6, 6.07) is 24.7. The Morgan fingerprint density at radius 2 is 1.83 bits per heavy atom. The molecule has 0 aliphatic carbocycles. The number of carbonyl (C=O) groups is 1. The van der Waals surface area contributed by atoms with Gasteiger partial charge in [-0.2, -0.15) is 0 Å². The highest BCUT2D eigenvalue weighted by Gasteiger charge is 2.26. The second-order valence-corrected chi connectivity index (χ2v) is 8.85. The number of hydrogen-bond donors (Lipinski definition) is 3. The summed E-state index contributed by atoms with van der Waals surface area (Å²) in [5, 5.41) is 15.4. The average Bonchev–Trinajstić information content (AvgIpc) is 3.37. The number of nitrogens with zero attached hydrogens (tertiary/aromatic N) is 2. The summed E-state index contributed by atoms with van der Waals surface area (Å²) in [4.78, 5) is 16.9. The van der Waals surface area contributed by atoms with Crippen LogP contribution in [0.3, 0.4) is 0 Å². The third-order valence-corrected chi connectivity index (χ3v) is 6.46. The minimum Gasteiger partial charge on any atom is -0.492 e. The molecule has 184 valence electrons. The molecule has 0 radical (unpaired) electrons. The van der Waals surface area contributed by atoms with E-state index in [2.05, 4.69) is 68.7 Å². The number of amides is 1. The van der Waals surface area contributed by atoms with Gasteiger partial charge in [-0.05, 0) is 22.8 Å². The summed E-state index contributed by atoms with van der Waals surface area (Å²) in [6.07, 6.45) is 4.57. The summed E-state index contributed by atoms with van der Waals surface area (Å²) in [5.74, 6) is 0.376. The van der Waals surface area contributed by atoms with Crippen molar-refractivity contribution in [1.29, 1.82) is 0 Å². The monoisotopic (exact) mass is 482 g/mol. The lowest BCUT2D eigenvalue weighted by Gasteiger charge is -2.28. The lowest BCUT2D eigenvalue weighted by molar-refractivity contribution is 0.0939. The quantitative estimate of drug-likeness (QED) is 0.336. The van der Waals surface area contributed by atoms with E-state index in [1.165, 1.54) is 16.7 Å². The number of nitrogens with one attached hydrogen (secondary N) is 2. The van der Waals surface area contributed by atoms with Crippen LogP contribution < -0.4 is 15.4 Å². The zero-order valence-corrected chi connectivity index (χ0v) is 20.1. The Labute approximate surface area is 210 Å². The maximum atomic E-state index is 12.5. The Morgan fingerprint density at radius 3 is 2.64 bits per heavy atom. The van der Waals surface area contributed by atoms with Crippen LogP contribution in [-0.2, 0) is 13.1 Å². The second kappa shape index (κ2) is 11.2. The van der Waals surface area contributed by atoms with Crippen molar-refractivity contribution in [3.8, 4) is 16.9 Å². The van der Waals surface area contributed by atoms with E-state index in [9.17, 15) is 4.79 Å². The van der Waals surface area contributed by atoms with Crippen LogP contribution in [0.5, 0.6) is 5.75 Å². The highest BCUT2D eigenvalue weighted by atomic mass is 16.5. The van der Waals surface area contributed by atoms with Gasteiger partial charge in [0.1, 0.15) is 5.75 Å². The molecule has 3 N–H and O–H groups in total. The zero-order valence-electron chi connectivity index (χ0n) is 20.1. The van der Waals surface area contributed by atoms with E-state index in [-0.39, 0.29) is 25.1 Å². The van der Waals surface area contributed by atoms with Crippen LogP contribution in [0.2, 0.25) is 0 Å². The van der Waals surface area contributed by atoms with E-state index < -0.39 is 0 Å². The van der Waals surface area contributed by atoms with Crippen molar-refractivity contribution in [1.82, 2.24) is 20.2 Å². The van der Waals surface area contributed by atoms with Crippen LogP contribution in [0.15, 0.2) is 85.3 Å². The van der Waals surface area contributed by atoms with Gasteiger partial charge in [0.05, 0.1) is 30.8 Å². The molecule has 1 aliphatic heterocycles. The van der Waals surface area contributed by atoms with Gasteiger partial charge in [0.15, 0.2) is 0 Å². The molecule has 0 saturated carbocycles. The van der Waals surface area contributed by atoms with Gasteiger partial charge in [-0.1, -0.05) is 66.7 Å². The zero-order chi connectivity index (χ0) is 24.7. The van der Waals surface area contributed by atoms with Crippen molar-refractivity contribution in [3.05, 3.63) is 108 Å². The van der Waals surface area contributed by atoms with Crippen LogP contribution >= 0.6 is 0 Å². The molecular weight excluding hydrogens is 452 g/mol. The lowest BCUT2D eigenvalue weighted by atomic mass is 9.97. The molecule has 7 nitrogen and oxygen atoms in total. The van der Waals surface area contributed by atoms with E-state index in [4.69, 9.17) is 9.84 Å². The normalized spacial score (nSPS) is 14.6. The van der Waals surface area contributed by atoms with E-state index in [1.807, 2.05) is 30.7 Å². The van der Waals surface area contributed by atoms with Crippen LogP contribution in [0.1, 0.15) is 39.6 Å². The Balaban J connectivity index is 1.25. The van der Waals surface area contributed by atoms with Gasteiger partial charge in [-0.25, -0.2) is 4.98 Å². The first-order valence-electron chi connectivity index (χ1n) is 12.2. The van der Waals surface area contributed by atoms with Crippen LogP contribution in [0, 0.1) is 0 Å². The molecule has 2 heterocycles. The first-order valence-corrected chi connectivity index (χ1v) is 12.2. The fourth-order valence-electron chi connectivity index (χ4n) is 4.58. The predicted octanol–water partition coefficient (Wildman–Crippen LogP) is 3.93. The molecule has 1 unspecified atom stereocenters. The molecule has 5 rings (SSSR count). The Kier molecular flexibility index (Phi) is 7.40. The summed E-state index contributed by atoms with van der Waals surface area (Å²) < 4.78 is 8.04. The summed E-state index contributed by atoms with van der Waals surface area (Å²) in [7, 11) is 0. The first-order chi connectivity index (χ1) is 17.7. The number of benzene rings is 3. The van der Waals surface area contributed by atoms with Gasteiger partial charge in [-0.3, -0.25) is 4.79 Å².